The second-order valence-corrected chi connectivity index (χ2v) is 5.88. The maximum Gasteiger partial charge on any atom is 0.142 e. The molecular formula is C14H12BrClN2O. The van der Waals surface area contributed by atoms with Gasteiger partial charge in [0.15, 0.2) is 0 Å². The Labute approximate surface area is 124 Å². The van der Waals surface area contributed by atoms with Crippen LogP contribution < -0.4 is 10.5 Å². The van der Waals surface area contributed by atoms with Crippen molar-refractivity contribution < 1.29 is 4.74 Å². The van der Waals surface area contributed by atoms with Gasteiger partial charge in [-0.1, -0.05) is 11.6 Å². The zero-order valence-corrected chi connectivity index (χ0v) is 12.4. The van der Waals surface area contributed by atoms with Gasteiger partial charge in [-0.05, 0) is 46.3 Å². The zero-order valence-electron chi connectivity index (χ0n) is 10.0. The normalized spacial score (nSPS) is 21.6. The van der Waals surface area contributed by atoms with E-state index < -0.39 is 0 Å². The van der Waals surface area contributed by atoms with E-state index >= 15 is 0 Å². The standard InChI is InChI=1S/C14H12BrClN2O/c15-8-1-3-12(18-7-8)14-6-11(17)10-5-9(16)2-4-13(10)19-14/h1-5,7,11,14H,6,17H2. The molecule has 5 heteroatoms. The van der Waals surface area contributed by atoms with Crippen LogP contribution in [-0.2, 0) is 0 Å². The van der Waals surface area contributed by atoms with Gasteiger partial charge in [-0.3, -0.25) is 4.98 Å². The van der Waals surface area contributed by atoms with E-state index in [0.717, 1.165) is 21.5 Å². The van der Waals surface area contributed by atoms with Crippen LogP contribution in [-0.4, -0.2) is 4.98 Å². The molecule has 2 aromatic rings. The first-order valence-electron chi connectivity index (χ1n) is 5.96. The van der Waals surface area contributed by atoms with Gasteiger partial charge in [-0.2, -0.15) is 0 Å². The molecule has 3 rings (SSSR count). The number of halogens is 2. The third-order valence-corrected chi connectivity index (χ3v) is 3.89. The molecule has 2 N–H and O–H groups in total. The molecule has 0 amide bonds. The topological polar surface area (TPSA) is 48.1 Å². The molecule has 0 saturated carbocycles. The van der Waals surface area contributed by atoms with E-state index in [1.165, 1.54) is 0 Å². The molecule has 0 fully saturated rings. The van der Waals surface area contributed by atoms with E-state index in [1.807, 2.05) is 30.3 Å². The van der Waals surface area contributed by atoms with Gasteiger partial charge in [-0.25, -0.2) is 0 Å². The van der Waals surface area contributed by atoms with Crippen LogP contribution >= 0.6 is 27.5 Å². The molecule has 3 nitrogen and oxygen atoms in total. The molecule has 0 spiro atoms. The number of fused-ring (bicyclic) bond motifs is 1. The molecule has 0 saturated heterocycles. The summed E-state index contributed by atoms with van der Waals surface area (Å²) < 4.78 is 6.91. The van der Waals surface area contributed by atoms with E-state index in [-0.39, 0.29) is 12.1 Å². The highest BCUT2D eigenvalue weighted by Crippen LogP contribution is 2.40. The summed E-state index contributed by atoms with van der Waals surface area (Å²) in [7, 11) is 0. The predicted molar refractivity (Wildman–Crippen MR) is 78.3 cm³/mol. The number of pyridine rings is 1. The van der Waals surface area contributed by atoms with Crippen molar-refractivity contribution in [1.29, 1.82) is 0 Å². The molecule has 2 unspecified atom stereocenters. The van der Waals surface area contributed by atoms with Crippen LogP contribution in [0.5, 0.6) is 5.75 Å². The van der Waals surface area contributed by atoms with Crippen LogP contribution in [0.1, 0.15) is 29.8 Å². The number of nitrogens with two attached hydrogens (primary N) is 1. The molecule has 0 bridgehead atoms. The van der Waals surface area contributed by atoms with Crippen molar-refractivity contribution in [3.8, 4) is 5.75 Å². The van der Waals surface area contributed by atoms with Gasteiger partial charge in [0.25, 0.3) is 0 Å². The monoisotopic (exact) mass is 338 g/mol. The molecule has 0 radical (unpaired) electrons. The van der Waals surface area contributed by atoms with Gasteiger partial charge < -0.3 is 10.5 Å². The third-order valence-electron chi connectivity index (χ3n) is 3.19. The summed E-state index contributed by atoms with van der Waals surface area (Å²) in [6.07, 6.45) is 2.35. The molecular weight excluding hydrogens is 328 g/mol. The highest BCUT2D eigenvalue weighted by molar-refractivity contribution is 9.10. The molecule has 2 atom stereocenters. The molecule has 1 aromatic heterocycles. The Bertz CT molecular complexity index is 603. The summed E-state index contributed by atoms with van der Waals surface area (Å²) in [6, 6.07) is 9.36. The van der Waals surface area contributed by atoms with Gasteiger partial charge in [0.1, 0.15) is 11.9 Å². The lowest BCUT2D eigenvalue weighted by atomic mass is 9.95. The summed E-state index contributed by atoms with van der Waals surface area (Å²) in [5.74, 6) is 0.790. The van der Waals surface area contributed by atoms with Gasteiger partial charge >= 0.3 is 0 Å². The molecule has 0 aliphatic carbocycles. The van der Waals surface area contributed by atoms with E-state index in [9.17, 15) is 0 Å². The van der Waals surface area contributed by atoms with Crippen molar-refractivity contribution in [2.75, 3.05) is 0 Å². The number of aromatic nitrogens is 1. The summed E-state index contributed by atoms with van der Waals surface area (Å²) in [5, 5.41) is 0.679. The van der Waals surface area contributed by atoms with Crippen molar-refractivity contribution in [3.05, 3.63) is 57.3 Å². The van der Waals surface area contributed by atoms with Gasteiger partial charge in [0.05, 0.1) is 5.69 Å². The Morgan fingerprint density at radius 3 is 2.89 bits per heavy atom. The van der Waals surface area contributed by atoms with Crippen LogP contribution in [0.2, 0.25) is 5.02 Å². The summed E-state index contributed by atoms with van der Waals surface area (Å²) >= 11 is 9.36. The Morgan fingerprint density at radius 1 is 1.32 bits per heavy atom. The number of hydrogen-bond acceptors (Lipinski definition) is 3. The maximum atomic E-state index is 6.20. The lowest BCUT2D eigenvalue weighted by molar-refractivity contribution is 0.157. The second-order valence-electron chi connectivity index (χ2n) is 4.53. The Hall–Kier alpha value is -1.10. The summed E-state index contributed by atoms with van der Waals surface area (Å²) in [6.45, 7) is 0. The van der Waals surface area contributed by atoms with Crippen molar-refractivity contribution in [2.45, 2.75) is 18.6 Å². The molecule has 1 aliphatic heterocycles. The van der Waals surface area contributed by atoms with Gasteiger partial charge in [0.2, 0.25) is 0 Å². The number of hydrogen-bond donors (Lipinski definition) is 1. The lowest BCUT2D eigenvalue weighted by Crippen LogP contribution is -2.24. The quantitative estimate of drug-likeness (QED) is 0.853. The predicted octanol–water partition coefficient (Wildman–Crippen LogP) is 4.02. The number of benzene rings is 1. The van der Waals surface area contributed by atoms with Gasteiger partial charge in [-0.15, -0.1) is 0 Å². The SMILES string of the molecule is NC1CC(c2ccc(Br)cn2)Oc2ccc(Cl)cc21. The second kappa shape index (κ2) is 5.12. The zero-order chi connectivity index (χ0) is 13.4. The van der Waals surface area contributed by atoms with Crippen molar-refractivity contribution in [1.82, 2.24) is 4.98 Å². The molecule has 19 heavy (non-hydrogen) atoms. The Morgan fingerprint density at radius 2 is 2.16 bits per heavy atom. The van der Waals surface area contributed by atoms with E-state index in [2.05, 4.69) is 20.9 Å². The first kappa shape index (κ1) is 12.9. The fourth-order valence-corrected chi connectivity index (χ4v) is 2.65. The summed E-state index contributed by atoms with van der Waals surface area (Å²) in [4.78, 5) is 4.37. The fraction of sp³-hybridized carbons (Fsp3) is 0.214. The van der Waals surface area contributed by atoms with Crippen molar-refractivity contribution >= 4 is 27.5 Å². The lowest BCUT2D eigenvalue weighted by Gasteiger charge is -2.30. The number of rotatable bonds is 1. The first-order chi connectivity index (χ1) is 9.13. The van der Waals surface area contributed by atoms with Gasteiger partial charge in [0, 0.05) is 33.7 Å². The first-order valence-corrected chi connectivity index (χ1v) is 7.14. The van der Waals surface area contributed by atoms with Crippen molar-refractivity contribution in [3.63, 3.8) is 0 Å². The van der Waals surface area contributed by atoms with E-state index in [0.29, 0.717) is 11.4 Å². The number of nitrogens with zero attached hydrogens (tertiary/aromatic N) is 1. The maximum absolute atomic E-state index is 6.20. The van der Waals surface area contributed by atoms with Crippen LogP contribution in [0.25, 0.3) is 0 Å². The average Bonchev–Trinajstić information content (AvgIpc) is 2.40. The minimum Gasteiger partial charge on any atom is -0.484 e. The summed E-state index contributed by atoms with van der Waals surface area (Å²) in [5.41, 5.74) is 8.04. The van der Waals surface area contributed by atoms with Crippen LogP contribution in [0.15, 0.2) is 41.0 Å². The minimum atomic E-state index is -0.114. The minimum absolute atomic E-state index is 0.0853. The molecule has 98 valence electrons. The average molecular weight is 340 g/mol. The van der Waals surface area contributed by atoms with Crippen LogP contribution in [0.3, 0.4) is 0 Å². The highest BCUT2D eigenvalue weighted by Gasteiger charge is 2.27. The van der Waals surface area contributed by atoms with Crippen LogP contribution in [0, 0.1) is 0 Å². The van der Waals surface area contributed by atoms with Crippen LogP contribution in [0.4, 0.5) is 0 Å². The number of ether oxygens (including phenoxy) is 1. The smallest absolute Gasteiger partial charge is 0.142 e. The Kier molecular flexibility index (Phi) is 3.48. The van der Waals surface area contributed by atoms with E-state index in [4.69, 9.17) is 22.1 Å². The largest absolute Gasteiger partial charge is 0.484 e. The van der Waals surface area contributed by atoms with E-state index in [1.54, 1.807) is 6.20 Å². The molecule has 1 aromatic carbocycles. The van der Waals surface area contributed by atoms with Crippen molar-refractivity contribution in [2.24, 2.45) is 5.73 Å². The highest BCUT2D eigenvalue weighted by atomic mass is 79.9. The third kappa shape index (κ3) is 2.61. The fourth-order valence-electron chi connectivity index (χ4n) is 2.23. The molecule has 2 heterocycles. The Balaban J connectivity index is 1.92. The molecule has 1 aliphatic rings.